The molecule has 0 saturated heterocycles. The van der Waals surface area contributed by atoms with Crippen LogP contribution in [-0.4, -0.2) is 5.88 Å². The van der Waals surface area contributed by atoms with Crippen molar-refractivity contribution in [3.8, 4) is 0 Å². The number of rotatable bonds is 0. The van der Waals surface area contributed by atoms with E-state index in [1.54, 1.807) is 0 Å². The minimum Gasteiger partial charge on any atom is -0.127 e. The van der Waals surface area contributed by atoms with E-state index >= 15 is 0 Å². The molecule has 0 aromatic carbocycles. The van der Waals surface area contributed by atoms with Crippen LogP contribution < -0.4 is 0 Å². The second kappa shape index (κ2) is 9.04. The van der Waals surface area contributed by atoms with Gasteiger partial charge in [-0.3, -0.25) is 0 Å². The van der Waals surface area contributed by atoms with Crippen molar-refractivity contribution in [2.45, 2.75) is 0 Å². The smallest absolute Gasteiger partial charge is 0.0223 e. The monoisotopic (exact) mass is 169 g/mol. The molecule has 0 aliphatic heterocycles. The molecule has 2 heteroatoms. The van der Waals surface area contributed by atoms with Gasteiger partial charge >= 0.3 is 0 Å². The van der Waals surface area contributed by atoms with E-state index in [1.807, 2.05) is 0 Å². The van der Waals surface area contributed by atoms with Crippen LogP contribution in [0, 0.1) is 6.92 Å². The van der Waals surface area contributed by atoms with E-state index in [9.17, 15) is 0 Å². The summed E-state index contributed by atoms with van der Waals surface area (Å²) in [5, 5.41) is 0. The van der Waals surface area contributed by atoms with Crippen LogP contribution in [0.2, 0.25) is 0 Å². The third-order valence-corrected chi connectivity index (χ3v) is 0. The molecule has 29 valence electrons. The van der Waals surface area contributed by atoms with Crippen molar-refractivity contribution >= 4 is 11.6 Å². The molecule has 0 saturated carbocycles. The fourth-order valence-corrected chi connectivity index (χ4v) is 0. The Morgan fingerprint density at radius 2 is 1.75 bits per heavy atom. The zero-order chi connectivity index (χ0) is 2.71. The van der Waals surface area contributed by atoms with Gasteiger partial charge in [0, 0.05) is 26.3 Å². The van der Waals surface area contributed by atoms with Gasteiger partial charge in [0.15, 0.2) is 0 Å². The zero-order valence-electron chi connectivity index (χ0n) is 2.11. The second-order valence-corrected chi connectivity index (χ2v) is 0.567. The molecule has 0 unspecified atom stereocenters. The first-order valence-corrected chi connectivity index (χ1v) is 1.30. The summed E-state index contributed by atoms with van der Waals surface area (Å²) in [4.78, 5) is 0. The Kier molecular flexibility index (Phi) is 20.1. The largest absolute Gasteiger partial charge is 0.127 e. The molecule has 1 radical (unpaired) electrons. The van der Waals surface area contributed by atoms with Crippen LogP contribution in [0.15, 0.2) is 0 Å². The molecule has 0 rings (SSSR count). The van der Waals surface area contributed by atoms with Gasteiger partial charge in [0.2, 0.25) is 0 Å². The first kappa shape index (κ1) is 8.88. The quantitative estimate of drug-likeness (QED) is 0.376. The number of hydrogen-bond donors (Lipinski definition) is 0. The minimum absolute atomic E-state index is 0. The Hall–Kier alpha value is 0.952. The molecule has 0 aromatic heterocycles. The maximum Gasteiger partial charge on any atom is 0.0223 e. The Morgan fingerprint density at radius 1 is 1.75 bits per heavy atom. The van der Waals surface area contributed by atoms with E-state index in [0.29, 0.717) is 5.88 Å². The van der Waals surface area contributed by atoms with Gasteiger partial charge in [0.1, 0.15) is 0 Å². The van der Waals surface area contributed by atoms with Gasteiger partial charge in [0.05, 0.1) is 0 Å². The molecule has 0 bridgehead atoms. The molecule has 0 spiro atoms. The standard InChI is InChI=1S/C2H4Cl.Pd/c1-2-3;/h1-2H2;. The van der Waals surface area contributed by atoms with Crippen molar-refractivity contribution in [1.29, 1.82) is 0 Å². The molecule has 0 aromatic rings. The fourth-order valence-electron chi connectivity index (χ4n) is 0. The van der Waals surface area contributed by atoms with Crippen molar-refractivity contribution in [2.24, 2.45) is 0 Å². The number of alkyl halides is 1. The predicted molar refractivity (Wildman–Crippen MR) is 16.1 cm³/mol. The predicted octanol–water partition coefficient (Wildman–Crippen LogP) is 1.06. The van der Waals surface area contributed by atoms with E-state index in [-0.39, 0.29) is 20.4 Å². The van der Waals surface area contributed by atoms with Crippen molar-refractivity contribution in [3.63, 3.8) is 0 Å². The molecule has 0 atom stereocenters. The maximum absolute atomic E-state index is 4.89. The van der Waals surface area contributed by atoms with E-state index < -0.39 is 0 Å². The Balaban J connectivity index is 0. The topological polar surface area (TPSA) is 0 Å². The maximum atomic E-state index is 4.89. The first-order chi connectivity index (χ1) is 1.41. The Labute approximate surface area is 45.2 Å². The number of hydrogen-bond acceptors (Lipinski definition) is 0. The van der Waals surface area contributed by atoms with Gasteiger partial charge in [-0.15, -0.1) is 11.6 Å². The normalized spacial score (nSPS) is 4.50. The summed E-state index contributed by atoms with van der Waals surface area (Å²) >= 11 is 4.89. The Morgan fingerprint density at radius 3 is 1.75 bits per heavy atom. The molecule has 4 heavy (non-hydrogen) atoms. The molecule has 0 fully saturated rings. The summed E-state index contributed by atoms with van der Waals surface area (Å²) < 4.78 is 0. The van der Waals surface area contributed by atoms with Crippen LogP contribution >= 0.6 is 11.6 Å². The fraction of sp³-hybridized carbons (Fsp3) is 0.500. The van der Waals surface area contributed by atoms with Crippen LogP contribution in [0.4, 0.5) is 0 Å². The summed E-state index contributed by atoms with van der Waals surface area (Å²) in [5.74, 6) is 0.472. The summed E-state index contributed by atoms with van der Waals surface area (Å²) in [6.45, 7) is 3.25. The number of halogens is 1. The van der Waals surface area contributed by atoms with Gasteiger partial charge in [-0.2, -0.15) is 0 Å². The molecule has 0 nitrogen and oxygen atoms in total. The van der Waals surface area contributed by atoms with Gasteiger partial charge < -0.3 is 0 Å². The molecule has 0 heterocycles. The van der Waals surface area contributed by atoms with Crippen molar-refractivity contribution in [2.75, 3.05) is 5.88 Å². The second-order valence-electron chi connectivity index (χ2n) is 0.189. The average Bonchev–Trinajstić information content (AvgIpc) is 0.918. The van der Waals surface area contributed by atoms with Gasteiger partial charge in [-0.05, 0) is 6.92 Å². The molecule has 0 amide bonds. The van der Waals surface area contributed by atoms with Crippen molar-refractivity contribution < 1.29 is 20.4 Å². The molecular weight excluding hydrogens is 166 g/mol. The third-order valence-electron chi connectivity index (χ3n) is 0. The van der Waals surface area contributed by atoms with Crippen LogP contribution in [0.3, 0.4) is 0 Å². The molecule has 0 aliphatic rings. The van der Waals surface area contributed by atoms with Gasteiger partial charge in [0.25, 0.3) is 0 Å². The van der Waals surface area contributed by atoms with Crippen molar-refractivity contribution in [1.82, 2.24) is 0 Å². The van der Waals surface area contributed by atoms with Crippen LogP contribution in [0.1, 0.15) is 0 Å². The summed E-state index contributed by atoms with van der Waals surface area (Å²) in [6, 6.07) is 0. The summed E-state index contributed by atoms with van der Waals surface area (Å²) in [7, 11) is 0. The van der Waals surface area contributed by atoms with Gasteiger partial charge in [-0.25, -0.2) is 0 Å². The van der Waals surface area contributed by atoms with E-state index in [2.05, 4.69) is 6.92 Å². The minimum atomic E-state index is 0. The Bertz CT molecular complexity index is 6.00. The first-order valence-electron chi connectivity index (χ1n) is 0.767. The van der Waals surface area contributed by atoms with Crippen LogP contribution in [0.25, 0.3) is 0 Å². The van der Waals surface area contributed by atoms with Crippen LogP contribution in [0.5, 0.6) is 0 Å². The average molecular weight is 170 g/mol. The van der Waals surface area contributed by atoms with Crippen molar-refractivity contribution in [3.05, 3.63) is 6.92 Å². The summed E-state index contributed by atoms with van der Waals surface area (Å²) in [5.41, 5.74) is 0. The summed E-state index contributed by atoms with van der Waals surface area (Å²) in [6.07, 6.45) is 0. The van der Waals surface area contributed by atoms with Gasteiger partial charge in [-0.1, -0.05) is 0 Å². The molecule has 0 N–H and O–H groups in total. The van der Waals surface area contributed by atoms with E-state index in [4.69, 9.17) is 11.6 Å². The van der Waals surface area contributed by atoms with E-state index in [1.165, 1.54) is 0 Å². The zero-order valence-corrected chi connectivity index (χ0v) is 4.42. The molecular formula is C2H4ClPd. The van der Waals surface area contributed by atoms with Crippen LogP contribution in [-0.2, 0) is 20.4 Å². The SMILES string of the molecule is [CH2]CCl.[Pd]. The third kappa shape index (κ3) is 12.4. The van der Waals surface area contributed by atoms with E-state index in [0.717, 1.165) is 0 Å². The molecule has 0 aliphatic carbocycles.